The minimum atomic E-state index is -4.07. The third kappa shape index (κ3) is 4.31. The predicted molar refractivity (Wildman–Crippen MR) is 141 cm³/mol. The molecule has 4 heterocycles. The molecule has 1 saturated heterocycles. The molecule has 40 heavy (non-hydrogen) atoms. The van der Waals surface area contributed by atoms with Gasteiger partial charge in [-0.25, -0.2) is 13.8 Å². The molecule has 1 saturated carbocycles. The van der Waals surface area contributed by atoms with E-state index in [9.17, 15) is 27.5 Å². The van der Waals surface area contributed by atoms with Gasteiger partial charge in [0.25, 0.3) is 0 Å². The van der Waals surface area contributed by atoms with Crippen LogP contribution in [0.3, 0.4) is 0 Å². The molecule has 2 fully saturated rings. The summed E-state index contributed by atoms with van der Waals surface area (Å²) >= 11 is 0. The number of rotatable bonds is 8. The number of hydrogen-bond donors (Lipinski definition) is 3. The van der Waals surface area contributed by atoms with Gasteiger partial charge in [0.2, 0.25) is 5.78 Å². The average Bonchev–Trinajstić information content (AvgIpc) is 3.35. The van der Waals surface area contributed by atoms with Crippen LogP contribution in [0, 0.1) is 11.6 Å². The van der Waals surface area contributed by atoms with Crippen molar-refractivity contribution in [2.75, 3.05) is 17.8 Å². The molecule has 4 aromatic rings. The largest absolute Gasteiger partial charge is 0.481 e. The summed E-state index contributed by atoms with van der Waals surface area (Å²) < 4.78 is 58.8. The van der Waals surface area contributed by atoms with E-state index >= 15 is 4.39 Å². The second kappa shape index (κ2) is 9.45. The van der Waals surface area contributed by atoms with E-state index in [-0.39, 0.29) is 24.0 Å². The maximum Gasteiger partial charge on any atom is 0.315 e. The van der Waals surface area contributed by atoms with Crippen molar-refractivity contribution in [3.8, 4) is 11.1 Å². The van der Waals surface area contributed by atoms with Gasteiger partial charge in [-0.1, -0.05) is 6.07 Å². The molecular formula is C27H23F2N5O5S. The van der Waals surface area contributed by atoms with Gasteiger partial charge in [-0.2, -0.15) is 12.7 Å². The highest BCUT2D eigenvalue weighted by Gasteiger charge is 2.53. The molecule has 1 aliphatic carbocycles. The Hall–Kier alpha value is -4.23. The standard InChI is InChI=1S/C27H23F2N5O5S/c28-19-4-5-20(33-40(38,39)34-9-1-2-10-34)23(29)22(19)24(35)18-14-32-25-17(18)11-16(13-31-25)15-3-6-21(30-12-15)27(7-8-27)26(36)37/h3-6,11-14,33H,1-2,7-10H2,(H,31,32)(H,36,37). The van der Waals surface area contributed by atoms with E-state index in [0.29, 0.717) is 48.2 Å². The van der Waals surface area contributed by atoms with E-state index in [1.165, 1.54) is 18.6 Å². The van der Waals surface area contributed by atoms with Gasteiger partial charge < -0.3 is 10.1 Å². The van der Waals surface area contributed by atoms with Crippen LogP contribution in [0.4, 0.5) is 14.5 Å². The summed E-state index contributed by atoms with van der Waals surface area (Å²) in [7, 11) is -4.07. The maximum atomic E-state index is 15.5. The molecule has 1 aliphatic heterocycles. The fourth-order valence-electron chi connectivity index (χ4n) is 5.01. The van der Waals surface area contributed by atoms with Crippen molar-refractivity contribution < 1.29 is 31.9 Å². The molecular weight excluding hydrogens is 544 g/mol. The minimum Gasteiger partial charge on any atom is -0.481 e. The summed E-state index contributed by atoms with van der Waals surface area (Å²) in [5.74, 6) is -4.37. The number of halogens is 2. The van der Waals surface area contributed by atoms with Gasteiger partial charge in [0, 0.05) is 53.8 Å². The fourth-order valence-corrected chi connectivity index (χ4v) is 6.31. The van der Waals surface area contributed by atoms with Crippen LogP contribution in [0.15, 0.2) is 48.9 Å². The monoisotopic (exact) mass is 567 g/mol. The molecule has 3 N–H and O–H groups in total. The quantitative estimate of drug-likeness (QED) is 0.273. The molecule has 10 nitrogen and oxygen atoms in total. The number of carbonyl (C=O) groups excluding carboxylic acids is 1. The third-order valence-electron chi connectivity index (χ3n) is 7.48. The number of fused-ring (bicyclic) bond motifs is 1. The Morgan fingerprint density at radius 3 is 2.40 bits per heavy atom. The van der Waals surface area contributed by atoms with Crippen LogP contribution in [0.5, 0.6) is 0 Å². The zero-order valence-electron chi connectivity index (χ0n) is 20.9. The first-order chi connectivity index (χ1) is 19.1. The van der Waals surface area contributed by atoms with Crippen molar-refractivity contribution in [2.24, 2.45) is 0 Å². The number of carboxylic acid groups (broad SMARTS) is 1. The van der Waals surface area contributed by atoms with E-state index in [1.807, 2.05) is 0 Å². The molecule has 0 radical (unpaired) electrons. The highest BCUT2D eigenvalue weighted by molar-refractivity contribution is 7.90. The molecule has 0 amide bonds. The first kappa shape index (κ1) is 26.0. The smallest absolute Gasteiger partial charge is 0.315 e. The highest BCUT2D eigenvalue weighted by Crippen LogP contribution is 2.47. The Balaban J connectivity index is 1.33. The van der Waals surface area contributed by atoms with Gasteiger partial charge in [0.15, 0.2) is 5.82 Å². The molecule has 0 atom stereocenters. The minimum absolute atomic E-state index is 0.0610. The molecule has 3 aromatic heterocycles. The number of aromatic nitrogens is 3. The lowest BCUT2D eigenvalue weighted by atomic mass is 9.99. The zero-order chi connectivity index (χ0) is 28.2. The van der Waals surface area contributed by atoms with Gasteiger partial charge in [0.1, 0.15) is 16.9 Å². The van der Waals surface area contributed by atoms with E-state index < -0.39 is 50.3 Å². The first-order valence-corrected chi connectivity index (χ1v) is 14.0. The number of carboxylic acids is 1. The predicted octanol–water partition coefficient (Wildman–Crippen LogP) is 4.00. The molecule has 206 valence electrons. The number of nitrogens with zero attached hydrogens (tertiary/aromatic N) is 3. The Kier molecular flexibility index (Phi) is 6.15. The van der Waals surface area contributed by atoms with Crippen LogP contribution in [0.1, 0.15) is 47.3 Å². The molecule has 0 unspecified atom stereocenters. The summed E-state index contributed by atoms with van der Waals surface area (Å²) in [6, 6.07) is 6.74. The summed E-state index contributed by atoms with van der Waals surface area (Å²) in [5, 5.41) is 9.79. The van der Waals surface area contributed by atoms with E-state index in [1.54, 1.807) is 18.2 Å². The second-order valence-corrected chi connectivity index (χ2v) is 11.6. The van der Waals surface area contributed by atoms with Gasteiger partial charge in [-0.05, 0) is 49.9 Å². The van der Waals surface area contributed by atoms with Crippen LogP contribution in [0.25, 0.3) is 22.2 Å². The van der Waals surface area contributed by atoms with Gasteiger partial charge >= 0.3 is 16.2 Å². The lowest BCUT2D eigenvalue weighted by molar-refractivity contribution is -0.140. The topological polar surface area (TPSA) is 145 Å². The molecule has 13 heteroatoms. The Bertz CT molecular complexity index is 1780. The Morgan fingerprint density at radius 2 is 1.75 bits per heavy atom. The Morgan fingerprint density at radius 1 is 1.02 bits per heavy atom. The van der Waals surface area contributed by atoms with Crippen molar-refractivity contribution in [3.63, 3.8) is 0 Å². The van der Waals surface area contributed by atoms with E-state index in [0.717, 1.165) is 16.4 Å². The lowest BCUT2D eigenvalue weighted by Crippen LogP contribution is -2.33. The van der Waals surface area contributed by atoms with Gasteiger partial charge in [0.05, 0.1) is 16.9 Å². The maximum absolute atomic E-state index is 15.5. The molecule has 2 aliphatic rings. The number of benzene rings is 1. The highest BCUT2D eigenvalue weighted by atomic mass is 32.2. The summed E-state index contributed by atoms with van der Waals surface area (Å²) in [6.07, 6.45) is 6.73. The van der Waals surface area contributed by atoms with Crippen molar-refractivity contribution in [1.82, 2.24) is 19.3 Å². The van der Waals surface area contributed by atoms with Gasteiger partial charge in [-0.15, -0.1) is 0 Å². The molecule has 1 aromatic carbocycles. The number of nitrogens with one attached hydrogen (secondary N) is 2. The number of aliphatic carboxylic acids is 1. The summed E-state index contributed by atoms with van der Waals surface area (Å²) in [4.78, 5) is 36.5. The first-order valence-electron chi connectivity index (χ1n) is 12.6. The fraction of sp³-hybridized carbons (Fsp3) is 0.259. The number of pyridine rings is 2. The summed E-state index contributed by atoms with van der Waals surface area (Å²) in [6.45, 7) is 0.570. The van der Waals surface area contributed by atoms with Crippen LogP contribution in [-0.2, 0) is 20.4 Å². The molecule has 6 rings (SSSR count). The van der Waals surface area contributed by atoms with Gasteiger partial charge in [-0.3, -0.25) is 19.3 Å². The van der Waals surface area contributed by atoms with Crippen LogP contribution in [-0.4, -0.2) is 57.6 Å². The second-order valence-electron chi connectivity index (χ2n) is 9.97. The summed E-state index contributed by atoms with van der Waals surface area (Å²) in [5.41, 5.74) is -0.532. The van der Waals surface area contributed by atoms with Crippen molar-refractivity contribution in [1.29, 1.82) is 0 Å². The number of ketones is 1. The van der Waals surface area contributed by atoms with Crippen molar-refractivity contribution in [2.45, 2.75) is 31.1 Å². The zero-order valence-corrected chi connectivity index (χ0v) is 21.8. The lowest BCUT2D eigenvalue weighted by Gasteiger charge is -2.18. The van der Waals surface area contributed by atoms with E-state index in [2.05, 4.69) is 19.7 Å². The molecule has 0 bridgehead atoms. The molecule has 0 spiro atoms. The van der Waals surface area contributed by atoms with Crippen LogP contribution >= 0.6 is 0 Å². The average molecular weight is 568 g/mol. The Labute approximate surface area is 227 Å². The SMILES string of the molecule is O=C(c1c(F)ccc(NS(=O)(=O)N2CCCC2)c1F)c1c[nH]c2ncc(-c3ccc(C4(C(=O)O)CC4)nc3)cc12. The van der Waals surface area contributed by atoms with Crippen molar-refractivity contribution in [3.05, 3.63) is 77.4 Å². The van der Waals surface area contributed by atoms with Crippen molar-refractivity contribution >= 4 is 38.7 Å². The number of H-pyrrole nitrogens is 1. The number of hydrogen-bond acceptors (Lipinski definition) is 6. The number of aromatic amines is 1. The number of carbonyl (C=O) groups is 2. The van der Waals surface area contributed by atoms with E-state index in [4.69, 9.17) is 0 Å². The third-order valence-corrected chi connectivity index (χ3v) is 9.01. The number of anilines is 1. The van der Waals surface area contributed by atoms with Crippen LogP contribution < -0.4 is 4.72 Å². The normalized spacial score (nSPS) is 16.8. The van der Waals surface area contributed by atoms with Crippen LogP contribution in [0.2, 0.25) is 0 Å².